The number of fused-ring (bicyclic) bond motifs is 1. The molecule has 3 aromatic rings. The SMILES string of the molecule is CCc1cnc(-c2cc3c(N)ccnc3[nH]2)s1. The topological polar surface area (TPSA) is 67.6 Å². The van der Waals surface area contributed by atoms with Gasteiger partial charge < -0.3 is 10.7 Å². The number of pyridine rings is 1. The third kappa shape index (κ3) is 1.68. The molecule has 0 aliphatic carbocycles. The zero-order valence-corrected chi connectivity index (χ0v) is 10.2. The lowest BCUT2D eigenvalue weighted by Gasteiger charge is -1.91. The molecule has 3 heterocycles. The number of hydrogen-bond donors (Lipinski definition) is 2. The molecule has 0 aromatic carbocycles. The van der Waals surface area contributed by atoms with Crippen LogP contribution in [0.25, 0.3) is 21.7 Å². The largest absolute Gasteiger partial charge is 0.398 e. The number of nitrogens with zero attached hydrogens (tertiary/aromatic N) is 2. The van der Waals surface area contributed by atoms with E-state index in [9.17, 15) is 0 Å². The Kier molecular flexibility index (Phi) is 2.33. The van der Waals surface area contributed by atoms with E-state index in [4.69, 9.17) is 5.73 Å². The fraction of sp³-hybridized carbons (Fsp3) is 0.167. The van der Waals surface area contributed by atoms with Crippen LogP contribution in [0.15, 0.2) is 24.5 Å². The Morgan fingerprint density at radius 1 is 1.41 bits per heavy atom. The van der Waals surface area contributed by atoms with Crippen molar-refractivity contribution in [3.63, 3.8) is 0 Å². The van der Waals surface area contributed by atoms with E-state index < -0.39 is 0 Å². The van der Waals surface area contributed by atoms with Gasteiger partial charge in [0.1, 0.15) is 10.7 Å². The van der Waals surface area contributed by atoms with Gasteiger partial charge in [-0.3, -0.25) is 0 Å². The Hall–Kier alpha value is -1.88. The number of aryl methyl sites for hydroxylation is 1. The Morgan fingerprint density at radius 2 is 2.29 bits per heavy atom. The normalized spacial score (nSPS) is 11.1. The van der Waals surface area contributed by atoms with E-state index in [1.165, 1.54) is 4.88 Å². The highest BCUT2D eigenvalue weighted by atomic mass is 32.1. The van der Waals surface area contributed by atoms with Gasteiger partial charge in [-0.1, -0.05) is 6.92 Å². The molecule has 3 rings (SSSR count). The number of nitrogens with two attached hydrogens (primary N) is 1. The highest BCUT2D eigenvalue weighted by molar-refractivity contribution is 7.15. The second kappa shape index (κ2) is 3.85. The quantitative estimate of drug-likeness (QED) is 0.728. The first-order valence-corrected chi connectivity index (χ1v) is 6.28. The van der Waals surface area contributed by atoms with E-state index in [0.29, 0.717) is 0 Å². The molecular weight excluding hydrogens is 232 g/mol. The lowest BCUT2D eigenvalue weighted by molar-refractivity contribution is 1.17. The molecule has 0 radical (unpaired) electrons. The highest BCUT2D eigenvalue weighted by Crippen LogP contribution is 2.29. The van der Waals surface area contributed by atoms with Gasteiger partial charge in [0.05, 0.1) is 5.69 Å². The smallest absolute Gasteiger partial charge is 0.139 e. The number of nitrogens with one attached hydrogen (secondary N) is 1. The van der Waals surface area contributed by atoms with Crippen molar-refractivity contribution in [2.45, 2.75) is 13.3 Å². The van der Waals surface area contributed by atoms with Crippen LogP contribution in [0.2, 0.25) is 0 Å². The minimum Gasteiger partial charge on any atom is -0.398 e. The van der Waals surface area contributed by atoms with E-state index in [2.05, 4.69) is 21.9 Å². The molecule has 3 N–H and O–H groups in total. The molecule has 0 amide bonds. The van der Waals surface area contributed by atoms with Crippen LogP contribution in [0.5, 0.6) is 0 Å². The number of aromatic amines is 1. The van der Waals surface area contributed by atoms with E-state index in [1.807, 2.05) is 12.3 Å². The van der Waals surface area contributed by atoms with Crippen LogP contribution in [0, 0.1) is 0 Å². The van der Waals surface area contributed by atoms with Crippen molar-refractivity contribution in [1.82, 2.24) is 15.0 Å². The lowest BCUT2D eigenvalue weighted by Crippen LogP contribution is -1.85. The monoisotopic (exact) mass is 244 g/mol. The summed E-state index contributed by atoms with van der Waals surface area (Å²) >= 11 is 1.70. The van der Waals surface area contributed by atoms with Crippen molar-refractivity contribution in [3.8, 4) is 10.7 Å². The molecule has 0 fully saturated rings. The summed E-state index contributed by atoms with van der Waals surface area (Å²) in [5, 5.41) is 1.94. The summed E-state index contributed by atoms with van der Waals surface area (Å²) in [4.78, 5) is 13.2. The van der Waals surface area contributed by atoms with E-state index in [1.54, 1.807) is 23.6 Å². The van der Waals surface area contributed by atoms with Crippen LogP contribution >= 0.6 is 11.3 Å². The standard InChI is InChI=1S/C12H12N4S/c1-2-7-6-15-12(17-7)10-5-8-9(13)3-4-14-11(8)16-10/h3-6H,2H2,1H3,(H3,13,14,16). The summed E-state index contributed by atoms with van der Waals surface area (Å²) in [7, 11) is 0. The van der Waals surface area contributed by atoms with Gasteiger partial charge in [0.15, 0.2) is 0 Å². The molecule has 0 saturated heterocycles. The molecule has 0 spiro atoms. The van der Waals surface area contributed by atoms with Gasteiger partial charge in [-0.15, -0.1) is 11.3 Å². The third-order valence-electron chi connectivity index (χ3n) is 2.70. The molecule has 4 nitrogen and oxygen atoms in total. The summed E-state index contributed by atoms with van der Waals surface area (Å²) in [6, 6.07) is 3.81. The molecule has 5 heteroatoms. The Balaban J connectivity index is 2.14. The molecule has 86 valence electrons. The Bertz CT molecular complexity index is 668. The third-order valence-corrected chi connectivity index (χ3v) is 3.87. The first-order valence-electron chi connectivity index (χ1n) is 5.46. The van der Waals surface area contributed by atoms with Crippen LogP contribution in [0.3, 0.4) is 0 Å². The number of H-pyrrole nitrogens is 1. The van der Waals surface area contributed by atoms with Crippen molar-refractivity contribution in [2.24, 2.45) is 0 Å². The Labute approximate surface area is 103 Å². The van der Waals surface area contributed by atoms with E-state index >= 15 is 0 Å². The molecule has 17 heavy (non-hydrogen) atoms. The van der Waals surface area contributed by atoms with E-state index in [-0.39, 0.29) is 0 Å². The van der Waals surface area contributed by atoms with Crippen LogP contribution in [0.4, 0.5) is 5.69 Å². The second-order valence-corrected chi connectivity index (χ2v) is 4.95. The summed E-state index contributed by atoms with van der Waals surface area (Å²) in [6.07, 6.45) is 4.64. The number of rotatable bonds is 2. The predicted molar refractivity (Wildman–Crippen MR) is 71.0 cm³/mol. The number of nitrogen functional groups attached to an aromatic ring is 1. The van der Waals surface area contributed by atoms with Crippen molar-refractivity contribution in [3.05, 3.63) is 29.4 Å². The second-order valence-electron chi connectivity index (χ2n) is 3.83. The van der Waals surface area contributed by atoms with Gasteiger partial charge in [-0.25, -0.2) is 9.97 Å². The highest BCUT2D eigenvalue weighted by Gasteiger charge is 2.09. The number of aromatic nitrogens is 3. The maximum Gasteiger partial charge on any atom is 0.139 e. The molecule has 0 bridgehead atoms. The molecule has 0 saturated carbocycles. The van der Waals surface area contributed by atoms with Gasteiger partial charge in [0.2, 0.25) is 0 Å². The van der Waals surface area contributed by atoms with Crippen molar-refractivity contribution < 1.29 is 0 Å². The minimum absolute atomic E-state index is 0.741. The van der Waals surface area contributed by atoms with Crippen LogP contribution in [-0.4, -0.2) is 15.0 Å². The lowest BCUT2D eigenvalue weighted by atomic mass is 10.3. The van der Waals surface area contributed by atoms with Gasteiger partial charge in [-0.2, -0.15) is 0 Å². The van der Waals surface area contributed by atoms with Crippen LogP contribution in [-0.2, 0) is 6.42 Å². The van der Waals surface area contributed by atoms with Crippen molar-refractivity contribution in [1.29, 1.82) is 0 Å². The van der Waals surface area contributed by atoms with Gasteiger partial charge in [0.25, 0.3) is 0 Å². The summed E-state index contributed by atoms with van der Waals surface area (Å²) in [6.45, 7) is 2.13. The molecule has 0 unspecified atom stereocenters. The number of thiazole rings is 1. The average Bonchev–Trinajstić information content (AvgIpc) is 2.95. The van der Waals surface area contributed by atoms with Crippen molar-refractivity contribution in [2.75, 3.05) is 5.73 Å². The summed E-state index contributed by atoms with van der Waals surface area (Å²) in [5.41, 5.74) is 8.44. The molecule has 0 aliphatic heterocycles. The molecular formula is C12H12N4S. The summed E-state index contributed by atoms with van der Waals surface area (Å²) in [5.74, 6) is 0. The van der Waals surface area contributed by atoms with E-state index in [0.717, 1.165) is 33.8 Å². The Morgan fingerprint density at radius 3 is 3.00 bits per heavy atom. The maximum atomic E-state index is 5.90. The maximum absolute atomic E-state index is 5.90. The molecule has 3 aromatic heterocycles. The van der Waals surface area contributed by atoms with Gasteiger partial charge in [0, 0.05) is 28.3 Å². The zero-order chi connectivity index (χ0) is 11.8. The minimum atomic E-state index is 0.741. The van der Waals surface area contributed by atoms with Gasteiger partial charge >= 0.3 is 0 Å². The van der Waals surface area contributed by atoms with Crippen molar-refractivity contribution >= 4 is 28.1 Å². The first kappa shape index (κ1) is 10.3. The number of anilines is 1. The first-order chi connectivity index (χ1) is 8.28. The number of hydrogen-bond acceptors (Lipinski definition) is 4. The predicted octanol–water partition coefficient (Wildman–Crippen LogP) is 2.83. The van der Waals surface area contributed by atoms with Gasteiger partial charge in [-0.05, 0) is 18.6 Å². The van der Waals surface area contributed by atoms with Crippen LogP contribution in [0.1, 0.15) is 11.8 Å². The summed E-state index contributed by atoms with van der Waals surface area (Å²) < 4.78 is 0. The molecule has 0 aliphatic rings. The van der Waals surface area contributed by atoms with Crippen LogP contribution < -0.4 is 5.73 Å². The average molecular weight is 244 g/mol. The molecule has 0 atom stereocenters. The fourth-order valence-corrected chi connectivity index (χ4v) is 2.58. The fourth-order valence-electron chi connectivity index (χ4n) is 1.76. The zero-order valence-electron chi connectivity index (χ0n) is 9.40.